The van der Waals surface area contributed by atoms with Gasteiger partial charge in [0.05, 0.1) is 17.6 Å². The van der Waals surface area contributed by atoms with E-state index in [0.717, 1.165) is 11.4 Å². The van der Waals surface area contributed by atoms with E-state index in [4.69, 9.17) is 9.84 Å². The molecule has 0 spiro atoms. The van der Waals surface area contributed by atoms with Gasteiger partial charge in [0.15, 0.2) is 11.4 Å². The summed E-state index contributed by atoms with van der Waals surface area (Å²) in [6.07, 6.45) is 2.71. The average Bonchev–Trinajstić information content (AvgIpc) is 3.30. The minimum Gasteiger partial charge on any atom is -0.455 e. The Balaban J connectivity index is 1.30. The summed E-state index contributed by atoms with van der Waals surface area (Å²) in [7, 11) is 0. The highest BCUT2D eigenvalue weighted by Gasteiger charge is 2.21. The van der Waals surface area contributed by atoms with Crippen LogP contribution >= 0.6 is 0 Å². The number of aromatic nitrogens is 5. The molecule has 3 N–H and O–H groups in total. The van der Waals surface area contributed by atoms with E-state index >= 15 is 0 Å². The first-order valence-electron chi connectivity index (χ1n) is 11.6. The van der Waals surface area contributed by atoms with Crippen LogP contribution in [0.2, 0.25) is 0 Å². The molecule has 37 heavy (non-hydrogen) atoms. The summed E-state index contributed by atoms with van der Waals surface area (Å²) < 4.78 is 7.64. The molecule has 0 fully saturated rings. The maximum absolute atomic E-state index is 12.8. The molecular weight excluding hydrogens is 470 g/mol. The molecule has 0 saturated carbocycles. The van der Waals surface area contributed by atoms with E-state index in [1.807, 2.05) is 36.4 Å². The van der Waals surface area contributed by atoms with Gasteiger partial charge in [-0.1, -0.05) is 39.0 Å². The van der Waals surface area contributed by atoms with Crippen LogP contribution < -0.4 is 20.9 Å². The number of benzene rings is 2. The van der Waals surface area contributed by atoms with E-state index < -0.39 is 6.03 Å². The van der Waals surface area contributed by atoms with Gasteiger partial charge < -0.3 is 15.0 Å². The number of urea groups is 1. The Bertz CT molecular complexity index is 1620. The molecule has 0 unspecified atom stereocenters. The lowest BCUT2D eigenvalue weighted by Gasteiger charge is -2.14. The van der Waals surface area contributed by atoms with Crippen molar-refractivity contribution in [1.29, 1.82) is 0 Å². The lowest BCUT2D eigenvalue weighted by Crippen LogP contribution is -2.21. The van der Waals surface area contributed by atoms with Gasteiger partial charge >= 0.3 is 6.03 Å². The van der Waals surface area contributed by atoms with Gasteiger partial charge in [-0.25, -0.2) is 19.4 Å². The smallest absolute Gasteiger partial charge is 0.324 e. The van der Waals surface area contributed by atoms with Crippen molar-refractivity contribution < 1.29 is 9.53 Å². The van der Waals surface area contributed by atoms with Gasteiger partial charge in [0.25, 0.3) is 5.56 Å². The van der Waals surface area contributed by atoms with Crippen molar-refractivity contribution in [3.05, 3.63) is 95.2 Å². The monoisotopic (exact) mass is 495 g/mol. The molecule has 10 nitrogen and oxygen atoms in total. The molecule has 5 rings (SSSR count). The largest absolute Gasteiger partial charge is 0.455 e. The second-order valence-electron chi connectivity index (χ2n) is 9.37. The molecule has 5 aromatic rings. The number of amides is 2. The van der Waals surface area contributed by atoms with Gasteiger partial charge in [-0.2, -0.15) is 5.10 Å². The second kappa shape index (κ2) is 9.57. The average molecular weight is 496 g/mol. The van der Waals surface area contributed by atoms with Crippen molar-refractivity contribution in [3.8, 4) is 17.2 Å². The normalized spacial score (nSPS) is 11.3. The molecule has 3 heterocycles. The third-order valence-corrected chi connectivity index (χ3v) is 5.50. The predicted molar refractivity (Wildman–Crippen MR) is 142 cm³/mol. The van der Waals surface area contributed by atoms with Gasteiger partial charge in [-0.15, -0.1) is 0 Å². The van der Waals surface area contributed by atoms with E-state index in [0.29, 0.717) is 34.2 Å². The fourth-order valence-corrected chi connectivity index (χ4v) is 3.62. The number of aromatic amines is 1. The highest BCUT2D eigenvalue weighted by molar-refractivity contribution is 5.99. The van der Waals surface area contributed by atoms with E-state index in [-0.39, 0.29) is 11.0 Å². The Morgan fingerprint density at radius 2 is 1.73 bits per heavy atom. The first-order valence-corrected chi connectivity index (χ1v) is 11.6. The van der Waals surface area contributed by atoms with Gasteiger partial charge in [0.1, 0.15) is 17.1 Å². The van der Waals surface area contributed by atoms with Crippen molar-refractivity contribution >= 4 is 28.7 Å². The highest BCUT2D eigenvalue weighted by atomic mass is 16.5. The zero-order chi connectivity index (χ0) is 26.0. The molecule has 0 aliphatic rings. The first kappa shape index (κ1) is 23.7. The molecule has 2 amide bonds. The molecule has 0 radical (unpaired) electrons. The Kier molecular flexibility index (Phi) is 6.14. The number of nitrogens with one attached hydrogen (secondary N) is 3. The Morgan fingerprint density at radius 3 is 2.46 bits per heavy atom. The predicted octanol–water partition coefficient (Wildman–Crippen LogP) is 5.24. The molecule has 186 valence electrons. The standard InChI is InChI=1S/C27H25N7O3/c1-27(2,3)21-15-22(34(33-21)18-7-5-4-6-8-18)31-26(36)30-17-9-11-19(12-10-17)37-20-13-14-28-25-24(20)29-16-23(35)32-25/h4-16H,1-3H3,(H,28,32,35)(H2,30,31,36). The number of hydrogen-bond acceptors (Lipinski definition) is 6. The summed E-state index contributed by atoms with van der Waals surface area (Å²) in [5.74, 6) is 1.54. The van der Waals surface area contributed by atoms with E-state index in [2.05, 4.69) is 46.4 Å². The van der Waals surface area contributed by atoms with Gasteiger partial charge in [-0.05, 0) is 36.4 Å². The van der Waals surface area contributed by atoms with Crippen LogP contribution in [0.4, 0.5) is 16.3 Å². The molecular formula is C27H25N7O3. The SMILES string of the molecule is CC(C)(C)c1cc(NC(=O)Nc2ccc(Oc3ccnc4[nH]c(=O)cnc34)cc2)n(-c2ccccc2)n1. The summed E-state index contributed by atoms with van der Waals surface area (Å²) in [6, 6.07) is 19.7. The maximum Gasteiger partial charge on any atom is 0.324 e. The summed E-state index contributed by atoms with van der Waals surface area (Å²) in [6.45, 7) is 6.22. The fraction of sp³-hybridized carbons (Fsp3) is 0.148. The number of anilines is 2. The zero-order valence-corrected chi connectivity index (χ0v) is 20.5. The summed E-state index contributed by atoms with van der Waals surface area (Å²) in [5.41, 5.74) is 2.53. The molecule has 2 aromatic carbocycles. The van der Waals surface area contributed by atoms with Crippen molar-refractivity contribution in [1.82, 2.24) is 24.7 Å². The number of H-pyrrole nitrogens is 1. The van der Waals surface area contributed by atoms with Crippen LogP contribution in [-0.4, -0.2) is 30.8 Å². The number of fused-ring (bicyclic) bond motifs is 1. The van der Waals surface area contributed by atoms with E-state index in [1.54, 1.807) is 35.0 Å². The summed E-state index contributed by atoms with van der Waals surface area (Å²) in [4.78, 5) is 35.2. The van der Waals surface area contributed by atoms with Crippen molar-refractivity contribution in [2.45, 2.75) is 26.2 Å². The topological polar surface area (TPSA) is 127 Å². The van der Waals surface area contributed by atoms with Crippen LogP contribution in [0.1, 0.15) is 26.5 Å². The van der Waals surface area contributed by atoms with Gasteiger partial charge in [0.2, 0.25) is 0 Å². The number of pyridine rings is 1. The molecule has 10 heteroatoms. The van der Waals surface area contributed by atoms with Crippen LogP contribution in [0.15, 0.2) is 83.9 Å². The van der Waals surface area contributed by atoms with E-state index in [9.17, 15) is 9.59 Å². The second-order valence-corrected chi connectivity index (χ2v) is 9.37. The lowest BCUT2D eigenvalue weighted by molar-refractivity contribution is 0.262. The number of hydrogen-bond donors (Lipinski definition) is 3. The quantitative estimate of drug-likeness (QED) is 0.306. The Labute approximate surface area is 212 Å². The minimum absolute atomic E-state index is 0.187. The van der Waals surface area contributed by atoms with Crippen molar-refractivity contribution in [2.24, 2.45) is 0 Å². The third kappa shape index (κ3) is 5.32. The number of carbonyl (C=O) groups excluding carboxylic acids is 1. The highest BCUT2D eigenvalue weighted by Crippen LogP contribution is 2.28. The number of para-hydroxylation sites is 1. The number of carbonyl (C=O) groups is 1. The zero-order valence-electron chi connectivity index (χ0n) is 20.5. The van der Waals surface area contributed by atoms with E-state index in [1.165, 1.54) is 12.4 Å². The minimum atomic E-state index is -0.403. The molecule has 0 bridgehead atoms. The van der Waals surface area contributed by atoms with Crippen LogP contribution in [0.25, 0.3) is 16.9 Å². The molecule has 0 aliphatic carbocycles. The lowest BCUT2D eigenvalue weighted by atomic mass is 9.92. The molecule has 3 aromatic heterocycles. The summed E-state index contributed by atoms with van der Waals surface area (Å²) in [5, 5.41) is 10.5. The fourth-order valence-electron chi connectivity index (χ4n) is 3.62. The van der Waals surface area contributed by atoms with Crippen LogP contribution in [0, 0.1) is 0 Å². The first-order chi connectivity index (χ1) is 17.8. The van der Waals surface area contributed by atoms with Gasteiger partial charge in [0, 0.05) is 29.4 Å². The van der Waals surface area contributed by atoms with Crippen molar-refractivity contribution in [2.75, 3.05) is 10.6 Å². The molecule has 0 aliphatic heterocycles. The van der Waals surface area contributed by atoms with Crippen molar-refractivity contribution in [3.63, 3.8) is 0 Å². The number of rotatable bonds is 5. The Hall–Kier alpha value is -4.99. The van der Waals surface area contributed by atoms with Crippen LogP contribution in [-0.2, 0) is 5.41 Å². The summed E-state index contributed by atoms with van der Waals surface area (Å²) >= 11 is 0. The van der Waals surface area contributed by atoms with Crippen LogP contribution in [0.5, 0.6) is 11.5 Å². The number of ether oxygens (including phenoxy) is 1. The molecule has 0 atom stereocenters. The number of nitrogens with zero attached hydrogens (tertiary/aromatic N) is 4. The third-order valence-electron chi connectivity index (χ3n) is 5.50. The molecule has 0 saturated heterocycles. The van der Waals surface area contributed by atoms with Gasteiger partial charge in [-0.3, -0.25) is 10.1 Å². The Morgan fingerprint density at radius 1 is 0.973 bits per heavy atom. The van der Waals surface area contributed by atoms with Crippen LogP contribution in [0.3, 0.4) is 0 Å². The maximum atomic E-state index is 12.8.